The van der Waals surface area contributed by atoms with Gasteiger partial charge >= 0.3 is 5.69 Å². The molecule has 0 spiro atoms. The monoisotopic (exact) mass is 557 g/mol. The molecule has 0 fully saturated rings. The smallest absolute Gasteiger partial charge is 0.330 e. The predicted octanol–water partition coefficient (Wildman–Crippen LogP) is 3.38. The highest BCUT2D eigenvalue weighted by molar-refractivity contribution is 5.91. The number of methoxy groups -OCH3 is 1. The van der Waals surface area contributed by atoms with Gasteiger partial charge in [0.15, 0.2) is 11.5 Å². The number of aromatic nitrogens is 5. The molecule has 0 radical (unpaired) electrons. The van der Waals surface area contributed by atoms with Crippen molar-refractivity contribution in [2.24, 2.45) is 4.99 Å². The Morgan fingerprint density at radius 2 is 1.90 bits per heavy atom. The van der Waals surface area contributed by atoms with E-state index in [1.54, 1.807) is 16.2 Å². The highest BCUT2D eigenvalue weighted by atomic mass is 16.5. The predicted molar refractivity (Wildman–Crippen MR) is 155 cm³/mol. The average molecular weight is 558 g/mol. The maximum absolute atomic E-state index is 14.1. The molecule has 0 saturated heterocycles. The van der Waals surface area contributed by atoms with E-state index >= 15 is 0 Å². The number of rotatable bonds is 8. The first-order valence-corrected chi connectivity index (χ1v) is 13.8. The second kappa shape index (κ2) is 11.8. The molecular formula is C30H35N7O4. The van der Waals surface area contributed by atoms with Crippen LogP contribution >= 0.6 is 0 Å². The number of aryl methyl sites for hydroxylation is 4. The van der Waals surface area contributed by atoms with Crippen LogP contribution in [0.5, 0.6) is 11.5 Å². The van der Waals surface area contributed by atoms with E-state index in [0.717, 1.165) is 52.0 Å². The Morgan fingerprint density at radius 3 is 2.59 bits per heavy atom. The molecule has 3 heterocycles. The lowest BCUT2D eigenvalue weighted by Crippen LogP contribution is -2.43. The molecule has 0 aliphatic carbocycles. The fourth-order valence-electron chi connectivity index (χ4n) is 5.42. The van der Waals surface area contributed by atoms with Crippen LogP contribution < -0.4 is 26.0 Å². The molecule has 2 N–H and O–H groups in total. The van der Waals surface area contributed by atoms with Crippen molar-refractivity contribution in [3.05, 3.63) is 80.4 Å². The molecule has 11 nitrogen and oxygen atoms in total. The molecule has 0 saturated carbocycles. The number of fused-ring (bicyclic) bond motifs is 3. The van der Waals surface area contributed by atoms with Crippen LogP contribution in [-0.2, 0) is 19.5 Å². The molecule has 5 rings (SSSR count). The summed E-state index contributed by atoms with van der Waals surface area (Å²) < 4.78 is 14.9. The van der Waals surface area contributed by atoms with Gasteiger partial charge in [-0.2, -0.15) is 0 Å². The van der Waals surface area contributed by atoms with Crippen LogP contribution in [0.25, 0.3) is 11.3 Å². The Kier molecular flexibility index (Phi) is 8.04. The van der Waals surface area contributed by atoms with E-state index < -0.39 is 0 Å². The number of H-pyrrole nitrogens is 1. The van der Waals surface area contributed by atoms with Gasteiger partial charge < -0.3 is 14.8 Å². The third-order valence-electron chi connectivity index (χ3n) is 7.23. The average Bonchev–Trinajstić information content (AvgIpc) is 3.42. The maximum atomic E-state index is 14.1. The summed E-state index contributed by atoms with van der Waals surface area (Å²) in [6.45, 7) is 9.55. The first-order valence-electron chi connectivity index (χ1n) is 13.8. The highest BCUT2D eigenvalue weighted by Crippen LogP contribution is 2.37. The van der Waals surface area contributed by atoms with Gasteiger partial charge in [0.1, 0.15) is 11.2 Å². The van der Waals surface area contributed by atoms with Crippen LogP contribution in [0.1, 0.15) is 46.1 Å². The molecule has 1 amide bonds. The Bertz CT molecular complexity index is 1700. The van der Waals surface area contributed by atoms with Gasteiger partial charge in [-0.1, -0.05) is 22.9 Å². The Labute approximate surface area is 237 Å². The quantitative estimate of drug-likeness (QED) is 0.342. The van der Waals surface area contributed by atoms with Crippen LogP contribution in [0.4, 0.5) is 5.69 Å². The van der Waals surface area contributed by atoms with Crippen molar-refractivity contribution >= 4 is 11.6 Å². The molecule has 1 aliphatic rings. The number of carbonyl (C=O) groups is 1. The molecule has 0 atom stereocenters. The maximum Gasteiger partial charge on any atom is 0.330 e. The zero-order valence-electron chi connectivity index (χ0n) is 24.1. The SMILES string of the molecule is CCOc1cc2c(cc1OC)-c1c/c(=N\c3c(C)cc(C)cc3C)n(CCNC(=O)c3cnn[nH]3)c(=O)n1CCC2. The summed E-state index contributed by atoms with van der Waals surface area (Å²) >= 11 is 0. The van der Waals surface area contributed by atoms with Crippen molar-refractivity contribution < 1.29 is 14.3 Å². The van der Waals surface area contributed by atoms with E-state index in [0.29, 0.717) is 30.1 Å². The van der Waals surface area contributed by atoms with Gasteiger partial charge in [-0.15, -0.1) is 5.10 Å². The fourth-order valence-corrected chi connectivity index (χ4v) is 5.42. The molecule has 0 unspecified atom stereocenters. The summed E-state index contributed by atoms with van der Waals surface area (Å²) in [5.41, 5.74) is 7.36. The van der Waals surface area contributed by atoms with E-state index in [1.165, 1.54) is 6.20 Å². The largest absolute Gasteiger partial charge is 0.493 e. The van der Waals surface area contributed by atoms with Crippen molar-refractivity contribution in [2.45, 2.75) is 53.6 Å². The van der Waals surface area contributed by atoms with Crippen LogP contribution in [0, 0.1) is 20.8 Å². The molecule has 11 heteroatoms. The summed E-state index contributed by atoms with van der Waals surface area (Å²) in [6, 6.07) is 10.1. The van der Waals surface area contributed by atoms with Crippen LogP contribution in [0.2, 0.25) is 0 Å². The summed E-state index contributed by atoms with van der Waals surface area (Å²) in [5.74, 6) is 0.956. The van der Waals surface area contributed by atoms with Gasteiger partial charge in [0, 0.05) is 31.3 Å². The lowest BCUT2D eigenvalue weighted by molar-refractivity contribution is 0.0947. The molecule has 2 aromatic heterocycles. The molecule has 1 aliphatic heterocycles. The topological polar surface area (TPSA) is 128 Å². The highest BCUT2D eigenvalue weighted by Gasteiger charge is 2.21. The van der Waals surface area contributed by atoms with E-state index in [2.05, 4.69) is 39.8 Å². The summed E-state index contributed by atoms with van der Waals surface area (Å²) in [6.07, 6.45) is 2.93. The summed E-state index contributed by atoms with van der Waals surface area (Å²) in [7, 11) is 1.62. The molecule has 2 aromatic carbocycles. The van der Waals surface area contributed by atoms with Crippen LogP contribution in [0.3, 0.4) is 0 Å². The molecule has 4 aromatic rings. The number of carbonyl (C=O) groups excluding carboxylic acids is 1. The minimum absolute atomic E-state index is 0.193. The van der Waals surface area contributed by atoms with Crippen molar-refractivity contribution in [1.82, 2.24) is 29.9 Å². The number of benzene rings is 2. The second-order valence-corrected chi connectivity index (χ2v) is 10.2. The standard InChI is InChI=1S/C30H35N7O4/c1-6-41-26-14-21-8-7-10-36-24(22(21)15-25(26)40-5)16-27(33-28-19(3)12-18(2)13-20(28)4)37(30(36)39)11-9-31-29(38)23-17-32-35-34-23/h12-17H,6-11H2,1-5H3,(H,31,38)(H,32,34,35)/b33-27+. The second-order valence-electron chi connectivity index (χ2n) is 10.2. The number of amides is 1. The van der Waals surface area contributed by atoms with Crippen LogP contribution in [0.15, 0.2) is 46.3 Å². The van der Waals surface area contributed by atoms with E-state index in [4.69, 9.17) is 14.5 Å². The lowest BCUT2D eigenvalue weighted by Gasteiger charge is -2.18. The van der Waals surface area contributed by atoms with Crippen LogP contribution in [-0.4, -0.2) is 50.7 Å². The zero-order chi connectivity index (χ0) is 29.1. The Morgan fingerprint density at radius 1 is 1.12 bits per heavy atom. The summed E-state index contributed by atoms with van der Waals surface area (Å²) in [4.78, 5) is 31.6. The normalized spacial score (nSPS) is 12.9. The van der Waals surface area contributed by atoms with Gasteiger partial charge in [-0.25, -0.2) is 9.79 Å². The minimum Gasteiger partial charge on any atom is -0.493 e. The van der Waals surface area contributed by atoms with Gasteiger partial charge in [0.2, 0.25) is 0 Å². The van der Waals surface area contributed by atoms with E-state index in [9.17, 15) is 9.59 Å². The number of aromatic amines is 1. The zero-order valence-corrected chi connectivity index (χ0v) is 24.1. The number of nitrogens with zero attached hydrogens (tertiary/aromatic N) is 5. The molecule has 41 heavy (non-hydrogen) atoms. The number of hydrogen-bond acceptors (Lipinski definition) is 7. The Balaban J connectivity index is 1.67. The first-order chi connectivity index (χ1) is 19.8. The summed E-state index contributed by atoms with van der Waals surface area (Å²) in [5, 5.41) is 12.6. The van der Waals surface area contributed by atoms with Crippen molar-refractivity contribution in [1.29, 1.82) is 0 Å². The minimum atomic E-state index is -0.347. The van der Waals surface area contributed by atoms with Crippen molar-refractivity contribution in [2.75, 3.05) is 20.3 Å². The Hall–Kier alpha value is -4.67. The number of nitrogens with one attached hydrogen (secondary N) is 2. The van der Waals surface area contributed by atoms with Gasteiger partial charge in [-0.3, -0.25) is 19.0 Å². The molecule has 0 bridgehead atoms. The van der Waals surface area contributed by atoms with Crippen molar-refractivity contribution in [3.63, 3.8) is 0 Å². The van der Waals surface area contributed by atoms with Gasteiger partial charge in [0.05, 0.1) is 31.3 Å². The van der Waals surface area contributed by atoms with Gasteiger partial charge in [-0.05, 0) is 69.4 Å². The molecular weight excluding hydrogens is 522 g/mol. The first kappa shape index (κ1) is 27.9. The van der Waals surface area contributed by atoms with E-state index in [-0.39, 0.29) is 30.4 Å². The fraction of sp³-hybridized carbons (Fsp3) is 0.367. The third-order valence-corrected chi connectivity index (χ3v) is 7.23. The number of ether oxygens (including phenoxy) is 2. The third kappa shape index (κ3) is 5.65. The van der Waals surface area contributed by atoms with E-state index in [1.807, 2.05) is 39.0 Å². The molecule has 214 valence electrons. The lowest BCUT2D eigenvalue weighted by atomic mass is 10.0. The number of hydrogen-bond donors (Lipinski definition) is 2. The van der Waals surface area contributed by atoms with Gasteiger partial charge in [0.25, 0.3) is 5.91 Å². The van der Waals surface area contributed by atoms with Crippen molar-refractivity contribution in [3.8, 4) is 22.8 Å².